The van der Waals surface area contributed by atoms with Gasteiger partial charge in [0, 0.05) is 49.4 Å². The summed E-state index contributed by atoms with van der Waals surface area (Å²) in [5.74, 6) is -3.90. The molecule has 0 amide bonds. The molecule has 11 nitrogen and oxygen atoms in total. The van der Waals surface area contributed by atoms with E-state index in [1.54, 1.807) is 6.92 Å². The van der Waals surface area contributed by atoms with E-state index in [-0.39, 0.29) is 38.0 Å². The number of carbonyl (C=O) groups excluding carboxylic acids is 5. The highest BCUT2D eigenvalue weighted by atomic mass is 16.6. The fourth-order valence-corrected chi connectivity index (χ4v) is 8.80. The van der Waals surface area contributed by atoms with Crippen LogP contribution in [0, 0.1) is 34.5 Å². The van der Waals surface area contributed by atoms with Gasteiger partial charge in [-0.1, -0.05) is 61.5 Å². The van der Waals surface area contributed by atoms with Crippen molar-refractivity contribution in [3.8, 4) is 0 Å². The Morgan fingerprint density at radius 1 is 0.755 bits per heavy atom. The van der Waals surface area contributed by atoms with Crippen molar-refractivity contribution in [2.75, 3.05) is 0 Å². The number of fused-ring (bicyclic) bond motifs is 3. The van der Waals surface area contributed by atoms with Gasteiger partial charge in [0.15, 0.2) is 6.10 Å². The fraction of sp³-hybridized carbons (Fsp3) is 0.816. The Kier molecular flexibility index (Phi) is 13.9. The third-order valence-electron chi connectivity index (χ3n) is 11.0. The van der Waals surface area contributed by atoms with Gasteiger partial charge >= 0.3 is 29.8 Å². The van der Waals surface area contributed by atoms with Gasteiger partial charge in [-0.3, -0.25) is 24.0 Å². The predicted octanol–water partition coefficient (Wildman–Crippen LogP) is 6.02. The van der Waals surface area contributed by atoms with Gasteiger partial charge in [0.25, 0.3) is 0 Å². The summed E-state index contributed by atoms with van der Waals surface area (Å²) in [4.78, 5) is 65.8. The molecule has 2 fully saturated rings. The maximum atomic E-state index is 13.4. The average Bonchev–Trinajstić information content (AvgIpc) is 3.21. The Labute approximate surface area is 292 Å². The molecule has 0 aromatic carbocycles. The number of rotatable bonds is 14. The molecule has 0 aromatic rings. The topological polar surface area (TPSA) is 152 Å². The van der Waals surface area contributed by atoms with Crippen LogP contribution in [0.1, 0.15) is 127 Å². The van der Waals surface area contributed by atoms with E-state index < -0.39 is 95.1 Å². The molecule has 11 atom stereocenters. The maximum absolute atomic E-state index is 13.4. The number of ether oxygens (including phenoxy) is 5. The van der Waals surface area contributed by atoms with Crippen LogP contribution in [0.25, 0.3) is 0 Å². The first-order valence-corrected chi connectivity index (χ1v) is 18.3. The van der Waals surface area contributed by atoms with Crippen molar-refractivity contribution in [3.63, 3.8) is 0 Å². The van der Waals surface area contributed by atoms with Gasteiger partial charge < -0.3 is 28.8 Å². The number of esters is 5. The van der Waals surface area contributed by atoms with Crippen LogP contribution in [0.5, 0.6) is 0 Å². The van der Waals surface area contributed by atoms with Gasteiger partial charge in [0.2, 0.25) is 0 Å². The molecule has 0 heterocycles. The van der Waals surface area contributed by atoms with Gasteiger partial charge in [-0.2, -0.15) is 0 Å². The first-order chi connectivity index (χ1) is 23.0. The Balaban J connectivity index is 2.41. The van der Waals surface area contributed by atoms with Crippen molar-refractivity contribution < 1.29 is 52.8 Å². The van der Waals surface area contributed by atoms with E-state index in [1.165, 1.54) is 6.92 Å². The lowest BCUT2D eigenvalue weighted by Crippen LogP contribution is -2.63. The van der Waals surface area contributed by atoms with Crippen molar-refractivity contribution in [2.24, 2.45) is 34.5 Å². The summed E-state index contributed by atoms with van der Waals surface area (Å²) in [6, 6.07) is 0. The summed E-state index contributed by atoms with van der Waals surface area (Å²) in [5.41, 5.74) is -1.60. The number of hydrogen-bond donors (Lipinski definition) is 1. The molecule has 2 saturated carbocycles. The highest BCUT2D eigenvalue weighted by Crippen LogP contribution is 2.67. The number of carbonyl (C=O) groups is 5. The normalized spacial score (nSPS) is 35.3. The minimum atomic E-state index is -1.30. The molecular weight excluding hydrogens is 632 g/mol. The molecule has 3 aliphatic carbocycles. The SMILES string of the molecule is CCCC(=O)OC1C(C(C)C)C2C3C=C(C)C(O)C(OC(C)=O)C(OC(=O)CCC)C3(C)CC(OC(=O)CCC)C2(C)C1OC(=O)CCC. The van der Waals surface area contributed by atoms with Gasteiger partial charge in [-0.15, -0.1) is 0 Å². The molecule has 0 spiro atoms. The Bertz CT molecular complexity index is 1240. The van der Waals surface area contributed by atoms with E-state index in [0.717, 1.165) is 0 Å². The van der Waals surface area contributed by atoms with Gasteiger partial charge in [-0.25, -0.2) is 0 Å². The molecule has 3 aliphatic rings. The van der Waals surface area contributed by atoms with Crippen LogP contribution in [0.3, 0.4) is 0 Å². The van der Waals surface area contributed by atoms with Crippen molar-refractivity contribution in [1.82, 2.24) is 0 Å². The summed E-state index contributed by atoms with van der Waals surface area (Å²) in [6.45, 7) is 18.4. The lowest BCUT2D eigenvalue weighted by atomic mass is 9.49. The average molecular weight is 693 g/mol. The van der Waals surface area contributed by atoms with Crippen LogP contribution in [0.4, 0.5) is 0 Å². The molecule has 3 rings (SSSR count). The van der Waals surface area contributed by atoms with E-state index in [0.29, 0.717) is 31.3 Å². The van der Waals surface area contributed by atoms with Crippen molar-refractivity contribution in [2.45, 2.75) is 164 Å². The Morgan fingerprint density at radius 3 is 1.69 bits per heavy atom. The smallest absolute Gasteiger partial charge is 0.306 e. The Morgan fingerprint density at radius 2 is 1.22 bits per heavy atom. The molecule has 0 aromatic heterocycles. The van der Waals surface area contributed by atoms with Gasteiger partial charge in [0.05, 0.1) is 0 Å². The first kappa shape index (κ1) is 40.5. The second-order valence-electron chi connectivity index (χ2n) is 15.1. The van der Waals surface area contributed by atoms with Crippen LogP contribution in [-0.2, 0) is 47.7 Å². The highest BCUT2D eigenvalue weighted by Gasteiger charge is 2.74. The quantitative estimate of drug-likeness (QED) is 0.129. The molecule has 49 heavy (non-hydrogen) atoms. The monoisotopic (exact) mass is 692 g/mol. The Hall–Kier alpha value is -2.95. The first-order valence-electron chi connectivity index (χ1n) is 18.3. The van der Waals surface area contributed by atoms with Crippen molar-refractivity contribution in [3.05, 3.63) is 11.6 Å². The third kappa shape index (κ3) is 8.34. The fourth-order valence-electron chi connectivity index (χ4n) is 8.80. The van der Waals surface area contributed by atoms with E-state index in [1.807, 2.05) is 61.5 Å². The molecule has 11 unspecified atom stereocenters. The standard InChI is InChI=1S/C38H60O11/c1-11-15-26(40)46-25-20-37(9)24(19-22(7)32(44)34(45-23(8)39)35(37)48-28(42)17-13-3)31-30(21(5)6)33(47-27(41)16-12-2)36(38(25,31)10)49-29(43)18-14-4/h19,21,24-25,30-36,44H,11-18,20H2,1-10H3. The molecule has 1 N–H and O–H groups in total. The zero-order chi connectivity index (χ0) is 36.8. The zero-order valence-electron chi connectivity index (χ0n) is 31.2. The van der Waals surface area contributed by atoms with Crippen LogP contribution in [0.2, 0.25) is 0 Å². The lowest BCUT2D eigenvalue weighted by Gasteiger charge is -2.58. The van der Waals surface area contributed by atoms with Crippen molar-refractivity contribution >= 4 is 29.8 Å². The number of aliphatic hydroxyl groups is 1. The summed E-state index contributed by atoms with van der Waals surface area (Å²) >= 11 is 0. The van der Waals surface area contributed by atoms with Crippen LogP contribution in [0.15, 0.2) is 11.6 Å². The maximum Gasteiger partial charge on any atom is 0.306 e. The lowest BCUT2D eigenvalue weighted by molar-refractivity contribution is -0.226. The van der Waals surface area contributed by atoms with E-state index in [9.17, 15) is 29.1 Å². The minimum absolute atomic E-state index is 0.111. The largest absolute Gasteiger partial charge is 0.462 e. The van der Waals surface area contributed by atoms with Crippen LogP contribution < -0.4 is 0 Å². The second kappa shape index (κ2) is 16.8. The van der Waals surface area contributed by atoms with E-state index in [2.05, 4.69) is 0 Å². The summed E-state index contributed by atoms with van der Waals surface area (Å²) in [6.07, 6.45) is -1.49. The van der Waals surface area contributed by atoms with Crippen molar-refractivity contribution in [1.29, 1.82) is 0 Å². The predicted molar refractivity (Wildman–Crippen MR) is 181 cm³/mol. The second-order valence-corrected chi connectivity index (χ2v) is 15.1. The molecule has 11 heteroatoms. The summed E-state index contributed by atoms with van der Waals surface area (Å²) in [5, 5.41) is 11.7. The number of allylic oxidation sites excluding steroid dienone is 1. The molecular formula is C38H60O11. The molecule has 0 saturated heterocycles. The van der Waals surface area contributed by atoms with E-state index >= 15 is 0 Å². The molecule has 278 valence electrons. The minimum Gasteiger partial charge on any atom is -0.462 e. The van der Waals surface area contributed by atoms with Gasteiger partial charge in [0.1, 0.15) is 30.5 Å². The molecule has 0 bridgehead atoms. The highest BCUT2D eigenvalue weighted by molar-refractivity contribution is 5.72. The van der Waals surface area contributed by atoms with Gasteiger partial charge in [-0.05, 0) is 62.4 Å². The number of hydrogen-bond acceptors (Lipinski definition) is 11. The zero-order valence-corrected chi connectivity index (χ0v) is 31.2. The van der Waals surface area contributed by atoms with Crippen LogP contribution >= 0.6 is 0 Å². The summed E-state index contributed by atoms with van der Waals surface area (Å²) < 4.78 is 31.0. The molecule has 0 aliphatic heterocycles. The third-order valence-corrected chi connectivity index (χ3v) is 11.0. The summed E-state index contributed by atoms with van der Waals surface area (Å²) in [7, 11) is 0. The van der Waals surface area contributed by atoms with E-state index in [4.69, 9.17) is 23.7 Å². The van der Waals surface area contributed by atoms with Crippen LogP contribution in [-0.4, -0.2) is 71.6 Å². The number of aliphatic hydroxyl groups excluding tert-OH is 1. The molecule has 0 radical (unpaired) electrons.